The normalized spacial score (nSPS) is 10.5. The molecule has 0 spiro atoms. The molecule has 0 fully saturated rings. The number of hydrogen-bond acceptors (Lipinski definition) is 0. The van der Waals surface area contributed by atoms with Gasteiger partial charge in [-0.25, -0.2) is 13.2 Å². The van der Waals surface area contributed by atoms with Gasteiger partial charge in [0.05, 0.1) is 10.6 Å². The van der Waals surface area contributed by atoms with Crippen molar-refractivity contribution in [3.8, 4) is 11.1 Å². The minimum atomic E-state index is -0.853. The smallest absolute Gasteiger partial charge is 0.141 e. The van der Waals surface area contributed by atoms with Crippen LogP contribution in [0.3, 0.4) is 0 Å². The fourth-order valence-electron chi connectivity index (χ4n) is 1.39. The van der Waals surface area contributed by atoms with Crippen molar-refractivity contribution >= 4 is 11.6 Å². The molecule has 1 radical (unpaired) electrons. The molecule has 0 amide bonds. The first kappa shape index (κ1) is 11.0. The molecule has 4 heteroatoms. The zero-order valence-corrected chi connectivity index (χ0v) is 8.65. The van der Waals surface area contributed by atoms with Crippen LogP contribution in [0.15, 0.2) is 30.3 Å². The van der Waals surface area contributed by atoms with Crippen molar-refractivity contribution < 1.29 is 13.2 Å². The average molecular weight is 242 g/mol. The van der Waals surface area contributed by atoms with E-state index in [9.17, 15) is 13.2 Å². The van der Waals surface area contributed by atoms with Gasteiger partial charge < -0.3 is 0 Å². The Morgan fingerprint density at radius 2 is 1.81 bits per heavy atom. The van der Waals surface area contributed by atoms with Gasteiger partial charge in [-0.05, 0) is 30.3 Å². The standard InChI is InChI=1S/C12H5ClF3/c13-9-6-7(14)4-5-8(9)12-10(15)2-1-3-11(12)16/h1-2,4-6H. The maximum Gasteiger partial charge on any atom is 0.141 e. The van der Waals surface area contributed by atoms with Crippen molar-refractivity contribution in [3.05, 3.63) is 58.9 Å². The molecule has 0 N–H and O–H groups in total. The first-order chi connectivity index (χ1) is 7.59. The van der Waals surface area contributed by atoms with E-state index in [0.717, 1.165) is 24.3 Å². The van der Waals surface area contributed by atoms with Crippen molar-refractivity contribution in [3.63, 3.8) is 0 Å². The van der Waals surface area contributed by atoms with Gasteiger partial charge in [0.2, 0.25) is 0 Å². The summed E-state index contributed by atoms with van der Waals surface area (Å²) in [6, 6.07) is 7.74. The van der Waals surface area contributed by atoms with Gasteiger partial charge in [0, 0.05) is 11.6 Å². The number of halogens is 4. The van der Waals surface area contributed by atoms with Gasteiger partial charge in [-0.1, -0.05) is 11.6 Å². The Bertz CT molecular complexity index is 518. The van der Waals surface area contributed by atoms with Crippen molar-refractivity contribution in [2.45, 2.75) is 0 Å². The van der Waals surface area contributed by atoms with E-state index in [4.69, 9.17) is 11.6 Å². The molecule has 0 bridgehead atoms. The van der Waals surface area contributed by atoms with E-state index < -0.39 is 17.5 Å². The van der Waals surface area contributed by atoms with E-state index in [-0.39, 0.29) is 16.1 Å². The maximum atomic E-state index is 13.4. The molecule has 0 atom stereocenters. The lowest BCUT2D eigenvalue weighted by atomic mass is 10.0. The summed E-state index contributed by atoms with van der Waals surface area (Å²) in [5.74, 6) is -2.17. The highest BCUT2D eigenvalue weighted by Gasteiger charge is 2.14. The maximum absolute atomic E-state index is 13.4. The molecule has 0 saturated carbocycles. The summed E-state index contributed by atoms with van der Waals surface area (Å²) < 4.78 is 39.6. The Morgan fingerprint density at radius 1 is 1.06 bits per heavy atom. The molecule has 0 saturated heterocycles. The first-order valence-electron chi connectivity index (χ1n) is 4.40. The van der Waals surface area contributed by atoms with E-state index >= 15 is 0 Å². The van der Waals surface area contributed by atoms with Gasteiger partial charge in [-0.3, -0.25) is 0 Å². The number of benzene rings is 2. The van der Waals surface area contributed by atoms with E-state index in [1.807, 2.05) is 0 Å². The summed E-state index contributed by atoms with van der Waals surface area (Å²) in [6.45, 7) is 0. The van der Waals surface area contributed by atoms with Gasteiger partial charge >= 0.3 is 0 Å². The lowest BCUT2D eigenvalue weighted by Gasteiger charge is -2.06. The molecule has 0 nitrogen and oxygen atoms in total. The predicted octanol–water partition coefficient (Wildman–Crippen LogP) is 4.22. The Morgan fingerprint density at radius 3 is 2.44 bits per heavy atom. The van der Waals surface area contributed by atoms with Gasteiger partial charge in [-0.15, -0.1) is 0 Å². The monoisotopic (exact) mass is 241 g/mol. The molecule has 81 valence electrons. The quantitative estimate of drug-likeness (QED) is 0.701. The Labute approximate surface area is 95.3 Å². The van der Waals surface area contributed by atoms with Crippen LogP contribution >= 0.6 is 11.6 Å². The summed E-state index contributed by atoms with van der Waals surface area (Å²) in [5, 5.41) is -0.0441. The zero-order valence-electron chi connectivity index (χ0n) is 7.90. The average Bonchev–Trinajstić information content (AvgIpc) is 2.20. The van der Waals surface area contributed by atoms with Crippen LogP contribution in [0.1, 0.15) is 0 Å². The molecule has 16 heavy (non-hydrogen) atoms. The first-order valence-corrected chi connectivity index (χ1v) is 4.78. The van der Waals surface area contributed by atoms with E-state index in [0.29, 0.717) is 0 Å². The number of rotatable bonds is 1. The molecule has 0 aliphatic carbocycles. The molecule has 2 aromatic rings. The minimum Gasteiger partial charge on any atom is -0.207 e. The van der Waals surface area contributed by atoms with Crippen LogP contribution in [-0.4, -0.2) is 0 Å². The highest BCUT2D eigenvalue weighted by Crippen LogP contribution is 2.32. The fourth-order valence-corrected chi connectivity index (χ4v) is 1.65. The Hall–Kier alpha value is -1.48. The molecular weight excluding hydrogens is 237 g/mol. The van der Waals surface area contributed by atoms with Crippen molar-refractivity contribution in [2.24, 2.45) is 0 Å². The summed E-state index contributed by atoms with van der Waals surface area (Å²) in [4.78, 5) is 0. The molecule has 0 aliphatic heterocycles. The summed E-state index contributed by atoms with van der Waals surface area (Å²) >= 11 is 5.72. The predicted molar refractivity (Wildman–Crippen MR) is 55.6 cm³/mol. The molecule has 0 aromatic heterocycles. The van der Waals surface area contributed by atoms with Gasteiger partial charge in [0.25, 0.3) is 0 Å². The molecule has 2 rings (SSSR count). The van der Waals surface area contributed by atoms with Crippen molar-refractivity contribution in [2.75, 3.05) is 0 Å². The van der Waals surface area contributed by atoms with Crippen molar-refractivity contribution in [1.82, 2.24) is 0 Å². The third kappa shape index (κ3) is 1.91. The summed E-state index contributed by atoms with van der Waals surface area (Å²) in [7, 11) is 0. The molecule has 0 unspecified atom stereocenters. The third-order valence-electron chi connectivity index (χ3n) is 2.10. The minimum absolute atomic E-state index is 0.0441. The van der Waals surface area contributed by atoms with Crippen LogP contribution in [0.4, 0.5) is 13.2 Å². The van der Waals surface area contributed by atoms with Gasteiger partial charge in [0.15, 0.2) is 0 Å². The topological polar surface area (TPSA) is 0 Å². The van der Waals surface area contributed by atoms with E-state index in [1.54, 1.807) is 0 Å². The van der Waals surface area contributed by atoms with Crippen LogP contribution in [0, 0.1) is 23.5 Å². The highest BCUT2D eigenvalue weighted by atomic mass is 35.5. The van der Waals surface area contributed by atoms with Crippen molar-refractivity contribution in [1.29, 1.82) is 0 Å². The van der Waals surface area contributed by atoms with Crippen LogP contribution < -0.4 is 0 Å². The summed E-state index contributed by atoms with van der Waals surface area (Å²) in [5.41, 5.74) is -0.192. The Balaban J connectivity index is 2.68. The SMILES string of the molecule is Fc1ccc(-c2c(F)[c]ccc2F)c(Cl)c1. The molecule has 2 aromatic carbocycles. The third-order valence-corrected chi connectivity index (χ3v) is 2.41. The van der Waals surface area contributed by atoms with Gasteiger partial charge in [-0.2, -0.15) is 0 Å². The Kier molecular flexibility index (Phi) is 2.88. The fraction of sp³-hybridized carbons (Fsp3) is 0. The number of hydrogen-bond donors (Lipinski definition) is 0. The van der Waals surface area contributed by atoms with Crippen LogP contribution in [0.25, 0.3) is 11.1 Å². The molecule has 0 heterocycles. The second-order valence-corrected chi connectivity index (χ2v) is 3.55. The lowest BCUT2D eigenvalue weighted by Crippen LogP contribution is -1.91. The van der Waals surface area contributed by atoms with E-state index in [1.165, 1.54) is 6.07 Å². The molecular formula is C12H5ClF3. The van der Waals surface area contributed by atoms with Crippen LogP contribution in [-0.2, 0) is 0 Å². The van der Waals surface area contributed by atoms with Crippen LogP contribution in [0.2, 0.25) is 5.02 Å². The van der Waals surface area contributed by atoms with Gasteiger partial charge in [0.1, 0.15) is 17.5 Å². The molecule has 0 aliphatic rings. The lowest BCUT2D eigenvalue weighted by molar-refractivity contribution is 0.587. The van der Waals surface area contributed by atoms with E-state index in [2.05, 4.69) is 6.07 Å². The highest BCUT2D eigenvalue weighted by molar-refractivity contribution is 6.33. The largest absolute Gasteiger partial charge is 0.207 e. The second kappa shape index (κ2) is 4.18. The zero-order chi connectivity index (χ0) is 11.7. The van der Waals surface area contributed by atoms with Crippen LogP contribution in [0.5, 0.6) is 0 Å². The second-order valence-electron chi connectivity index (χ2n) is 3.14. The summed E-state index contributed by atoms with van der Waals surface area (Å²) in [6.07, 6.45) is 0.